The van der Waals surface area contributed by atoms with Gasteiger partial charge in [-0.2, -0.15) is 0 Å². The van der Waals surface area contributed by atoms with Crippen molar-refractivity contribution in [3.63, 3.8) is 0 Å². The van der Waals surface area contributed by atoms with Gasteiger partial charge in [-0.25, -0.2) is 8.42 Å². The van der Waals surface area contributed by atoms with E-state index in [1.165, 1.54) is 9.21 Å². The SMILES string of the molecule is CCCCNC(=O)C(CC)N(Cc1ccccc1)C(=O)CN(c1ccccc1CC)S(=O)(=O)c1ccc(C)cc1. The fraction of sp³-hybridized carbons (Fsp3) is 0.375. The highest BCUT2D eigenvalue weighted by Crippen LogP contribution is 2.28. The highest BCUT2D eigenvalue weighted by molar-refractivity contribution is 7.92. The van der Waals surface area contributed by atoms with Crippen LogP contribution in [0, 0.1) is 6.92 Å². The second-order valence-electron chi connectivity index (χ2n) is 9.88. The Bertz CT molecular complexity index is 1360. The van der Waals surface area contributed by atoms with Gasteiger partial charge in [0.2, 0.25) is 11.8 Å². The van der Waals surface area contributed by atoms with E-state index in [0.717, 1.165) is 29.5 Å². The Morgan fingerprint density at radius 2 is 1.52 bits per heavy atom. The van der Waals surface area contributed by atoms with Gasteiger partial charge in [0.05, 0.1) is 10.6 Å². The Labute approximate surface area is 239 Å². The summed E-state index contributed by atoms with van der Waals surface area (Å²) in [7, 11) is -4.09. The summed E-state index contributed by atoms with van der Waals surface area (Å²) < 4.78 is 29.3. The third kappa shape index (κ3) is 7.72. The van der Waals surface area contributed by atoms with Crippen LogP contribution in [-0.4, -0.2) is 44.3 Å². The van der Waals surface area contributed by atoms with Crippen molar-refractivity contribution in [2.45, 2.75) is 70.9 Å². The number of anilines is 1. The number of carbonyl (C=O) groups is 2. The van der Waals surface area contributed by atoms with Crippen molar-refractivity contribution in [2.24, 2.45) is 0 Å². The first kappa shape index (κ1) is 30.9. The van der Waals surface area contributed by atoms with Gasteiger partial charge in [-0.05, 0) is 55.5 Å². The van der Waals surface area contributed by atoms with Gasteiger partial charge in [0.1, 0.15) is 12.6 Å². The number of rotatable bonds is 14. The topological polar surface area (TPSA) is 86.8 Å². The highest BCUT2D eigenvalue weighted by atomic mass is 32.2. The van der Waals surface area contributed by atoms with Crippen molar-refractivity contribution in [1.29, 1.82) is 0 Å². The molecule has 1 N–H and O–H groups in total. The molecule has 0 bridgehead atoms. The van der Waals surface area contributed by atoms with E-state index < -0.39 is 28.5 Å². The number of amides is 2. The van der Waals surface area contributed by atoms with E-state index in [4.69, 9.17) is 0 Å². The van der Waals surface area contributed by atoms with E-state index in [-0.39, 0.29) is 17.3 Å². The molecule has 0 aliphatic carbocycles. The van der Waals surface area contributed by atoms with Crippen LogP contribution in [-0.2, 0) is 32.6 Å². The molecule has 0 heterocycles. The molecule has 1 atom stereocenters. The van der Waals surface area contributed by atoms with Crippen LogP contribution >= 0.6 is 0 Å². The standard InChI is InChI=1S/C32H41N3O4S/c1-5-8-22-33-32(37)29(7-3)34(23-26-14-10-9-11-15-26)31(36)24-35(30-17-13-12-16-27(30)6-2)40(38,39)28-20-18-25(4)19-21-28/h9-21,29H,5-8,22-24H2,1-4H3,(H,33,37). The largest absolute Gasteiger partial charge is 0.354 e. The summed E-state index contributed by atoms with van der Waals surface area (Å²) >= 11 is 0. The first-order valence-corrected chi connectivity index (χ1v) is 15.4. The molecule has 2 amide bonds. The molecule has 3 rings (SSSR count). The van der Waals surface area contributed by atoms with Gasteiger partial charge in [0, 0.05) is 13.1 Å². The van der Waals surface area contributed by atoms with Gasteiger partial charge in [-0.15, -0.1) is 0 Å². The molecule has 0 radical (unpaired) electrons. The number of hydrogen-bond acceptors (Lipinski definition) is 4. The summed E-state index contributed by atoms with van der Waals surface area (Å²) in [6, 6.07) is 22.6. The molecule has 7 nitrogen and oxygen atoms in total. The van der Waals surface area contributed by atoms with Crippen molar-refractivity contribution < 1.29 is 18.0 Å². The molecule has 8 heteroatoms. The van der Waals surface area contributed by atoms with E-state index in [9.17, 15) is 18.0 Å². The molecule has 0 aliphatic rings. The monoisotopic (exact) mass is 563 g/mol. The summed E-state index contributed by atoms with van der Waals surface area (Å²) in [5.41, 5.74) is 3.06. The Morgan fingerprint density at radius 1 is 0.875 bits per heavy atom. The van der Waals surface area contributed by atoms with E-state index in [1.807, 2.05) is 70.2 Å². The van der Waals surface area contributed by atoms with Crippen LogP contribution < -0.4 is 9.62 Å². The van der Waals surface area contributed by atoms with Gasteiger partial charge in [0.25, 0.3) is 10.0 Å². The summed E-state index contributed by atoms with van der Waals surface area (Å²) in [5.74, 6) is -0.676. The lowest BCUT2D eigenvalue weighted by Gasteiger charge is -2.33. The maximum atomic E-state index is 14.1. The average Bonchev–Trinajstić information content (AvgIpc) is 2.96. The van der Waals surface area contributed by atoms with Crippen LogP contribution in [0.3, 0.4) is 0 Å². The smallest absolute Gasteiger partial charge is 0.264 e. The lowest BCUT2D eigenvalue weighted by molar-refractivity contribution is -0.140. The van der Waals surface area contributed by atoms with Gasteiger partial charge >= 0.3 is 0 Å². The molecule has 0 aliphatic heterocycles. The molecule has 0 saturated heterocycles. The van der Waals surface area contributed by atoms with Crippen LogP contribution in [0.15, 0.2) is 83.8 Å². The molecule has 0 spiro atoms. The summed E-state index contributed by atoms with van der Waals surface area (Å²) in [5, 5.41) is 2.96. The second-order valence-corrected chi connectivity index (χ2v) is 11.7. The number of carbonyl (C=O) groups excluding carboxylic acids is 2. The molecule has 3 aromatic carbocycles. The minimum atomic E-state index is -4.09. The number of sulfonamides is 1. The van der Waals surface area contributed by atoms with Crippen LogP contribution in [0.25, 0.3) is 0 Å². The van der Waals surface area contributed by atoms with Crippen molar-refractivity contribution in [1.82, 2.24) is 10.2 Å². The Kier molecular flexibility index (Phi) is 11.3. The summed E-state index contributed by atoms with van der Waals surface area (Å²) in [6.07, 6.45) is 2.76. The molecule has 0 aromatic heterocycles. The Balaban J connectivity index is 2.05. The lowest BCUT2D eigenvalue weighted by Crippen LogP contribution is -2.52. The van der Waals surface area contributed by atoms with Gasteiger partial charge in [-0.1, -0.05) is 93.4 Å². The third-order valence-electron chi connectivity index (χ3n) is 6.94. The van der Waals surface area contributed by atoms with Crippen LogP contribution in [0.2, 0.25) is 0 Å². The number of nitrogens with one attached hydrogen (secondary N) is 1. The summed E-state index contributed by atoms with van der Waals surface area (Å²) in [4.78, 5) is 29.0. The number of aryl methyl sites for hydroxylation is 2. The maximum absolute atomic E-state index is 14.1. The molecule has 0 saturated carbocycles. The predicted octanol–water partition coefficient (Wildman–Crippen LogP) is 5.48. The average molecular weight is 564 g/mol. The zero-order valence-corrected chi connectivity index (χ0v) is 24.8. The van der Waals surface area contributed by atoms with Crippen molar-refractivity contribution >= 4 is 27.5 Å². The number of hydrogen-bond donors (Lipinski definition) is 1. The number of para-hydroxylation sites is 1. The molecule has 3 aromatic rings. The Morgan fingerprint density at radius 3 is 2.15 bits per heavy atom. The first-order chi connectivity index (χ1) is 19.2. The number of benzene rings is 3. The fourth-order valence-corrected chi connectivity index (χ4v) is 6.06. The van der Waals surface area contributed by atoms with Gasteiger partial charge < -0.3 is 10.2 Å². The van der Waals surface area contributed by atoms with E-state index >= 15 is 0 Å². The fourth-order valence-electron chi connectivity index (χ4n) is 4.61. The van der Waals surface area contributed by atoms with E-state index in [0.29, 0.717) is 25.1 Å². The minimum Gasteiger partial charge on any atom is -0.354 e. The zero-order valence-electron chi connectivity index (χ0n) is 24.0. The summed E-state index contributed by atoms with van der Waals surface area (Å²) in [6.45, 7) is 8.03. The van der Waals surface area contributed by atoms with Crippen LogP contribution in [0.4, 0.5) is 5.69 Å². The van der Waals surface area contributed by atoms with Crippen molar-refractivity contribution in [2.75, 3.05) is 17.4 Å². The number of nitrogens with zero attached hydrogens (tertiary/aromatic N) is 2. The minimum absolute atomic E-state index is 0.107. The quantitative estimate of drug-likeness (QED) is 0.263. The molecule has 40 heavy (non-hydrogen) atoms. The predicted molar refractivity (Wildman–Crippen MR) is 161 cm³/mol. The second kappa shape index (κ2) is 14.7. The van der Waals surface area contributed by atoms with Gasteiger partial charge in [0.15, 0.2) is 0 Å². The van der Waals surface area contributed by atoms with Gasteiger partial charge in [-0.3, -0.25) is 13.9 Å². The van der Waals surface area contributed by atoms with E-state index in [2.05, 4.69) is 5.32 Å². The normalized spacial score (nSPS) is 12.0. The molecular formula is C32H41N3O4S. The zero-order chi connectivity index (χ0) is 29.1. The van der Waals surface area contributed by atoms with E-state index in [1.54, 1.807) is 36.4 Å². The Hall–Kier alpha value is -3.65. The van der Waals surface area contributed by atoms with Crippen molar-refractivity contribution in [3.8, 4) is 0 Å². The molecule has 214 valence electrons. The third-order valence-corrected chi connectivity index (χ3v) is 8.71. The highest BCUT2D eigenvalue weighted by Gasteiger charge is 2.34. The lowest BCUT2D eigenvalue weighted by atomic mass is 10.1. The number of unbranched alkanes of at least 4 members (excludes halogenated alkanes) is 1. The van der Waals surface area contributed by atoms with Crippen LogP contribution in [0.5, 0.6) is 0 Å². The molecular weight excluding hydrogens is 522 g/mol. The first-order valence-electron chi connectivity index (χ1n) is 14.0. The maximum Gasteiger partial charge on any atom is 0.264 e. The molecule has 1 unspecified atom stereocenters. The van der Waals surface area contributed by atoms with Crippen LogP contribution in [0.1, 0.15) is 56.7 Å². The molecule has 0 fully saturated rings. The van der Waals surface area contributed by atoms with Crippen molar-refractivity contribution in [3.05, 3.63) is 95.6 Å².